The number of rotatable bonds is 7. The van der Waals surface area contributed by atoms with E-state index in [0.717, 1.165) is 4.90 Å². The first kappa shape index (κ1) is 25.8. The highest BCUT2D eigenvalue weighted by atomic mass is 32.2. The van der Waals surface area contributed by atoms with Gasteiger partial charge in [0.1, 0.15) is 24.2 Å². The minimum Gasteiger partial charge on any atom is -0.376 e. The summed E-state index contributed by atoms with van der Waals surface area (Å²) in [6.07, 6.45) is 4.47. The highest BCUT2D eigenvalue weighted by molar-refractivity contribution is 7.89. The Bertz CT molecular complexity index is 1810. The Balaban J connectivity index is 1.54. The summed E-state index contributed by atoms with van der Waals surface area (Å²) < 4.78 is 29.9. The maximum Gasteiger partial charge on any atom is 0.267 e. The summed E-state index contributed by atoms with van der Waals surface area (Å²) in [5.74, 6) is -1.11. The van der Waals surface area contributed by atoms with Crippen LogP contribution in [0.2, 0.25) is 0 Å². The number of nitriles is 1. The van der Waals surface area contributed by atoms with Crippen LogP contribution in [0.25, 0.3) is 22.3 Å². The van der Waals surface area contributed by atoms with Crippen molar-refractivity contribution in [1.82, 2.24) is 28.6 Å². The zero-order valence-electron chi connectivity index (χ0n) is 21.6. The van der Waals surface area contributed by atoms with Crippen LogP contribution in [0.5, 0.6) is 0 Å². The normalized spacial score (nSPS) is 16.9. The van der Waals surface area contributed by atoms with Gasteiger partial charge in [0.2, 0.25) is 10.0 Å². The zero-order chi connectivity index (χ0) is 28.4. The summed E-state index contributed by atoms with van der Waals surface area (Å²) in [4.78, 5) is 36.6. The first-order valence-corrected chi connectivity index (χ1v) is 14.0. The fourth-order valence-corrected chi connectivity index (χ4v) is 6.66. The van der Waals surface area contributed by atoms with Crippen LogP contribution < -0.4 is 4.90 Å². The number of carbonyl (C=O) groups excluding carboxylic acids is 2. The third-order valence-corrected chi connectivity index (χ3v) is 9.62. The second kappa shape index (κ2) is 9.05. The molecule has 3 aromatic heterocycles. The summed E-state index contributed by atoms with van der Waals surface area (Å²) in [5, 5.41) is 24.0. The monoisotopic (exact) mass is 560 g/mol. The minimum atomic E-state index is -3.57. The molecule has 0 saturated carbocycles. The SMILES string of the molecule is CC(C)S(=O)(=O)N1CC(CC#N)(n2cc(-c3ncnc4c3ccn4CO)c(N3C(=O)c4ccccc4C3=O)n2)C1. The van der Waals surface area contributed by atoms with E-state index >= 15 is 0 Å². The van der Waals surface area contributed by atoms with Gasteiger partial charge in [-0.2, -0.15) is 14.7 Å². The summed E-state index contributed by atoms with van der Waals surface area (Å²) in [6, 6.07) is 10.3. The van der Waals surface area contributed by atoms with E-state index < -0.39 is 32.6 Å². The van der Waals surface area contributed by atoms with Crippen LogP contribution in [0, 0.1) is 11.3 Å². The molecule has 0 bridgehead atoms. The lowest BCUT2D eigenvalue weighted by Gasteiger charge is -2.48. The van der Waals surface area contributed by atoms with Gasteiger partial charge in [-0.1, -0.05) is 12.1 Å². The average molecular weight is 561 g/mol. The number of aliphatic hydroxyl groups is 1. The van der Waals surface area contributed by atoms with E-state index in [1.807, 2.05) is 0 Å². The largest absolute Gasteiger partial charge is 0.376 e. The van der Waals surface area contributed by atoms with E-state index in [1.165, 1.54) is 19.9 Å². The number of nitrogens with zero attached hydrogens (tertiary/aromatic N) is 8. The Morgan fingerprint density at radius 1 is 1.07 bits per heavy atom. The van der Waals surface area contributed by atoms with E-state index in [4.69, 9.17) is 0 Å². The van der Waals surface area contributed by atoms with Crippen molar-refractivity contribution in [1.29, 1.82) is 5.26 Å². The molecule has 40 heavy (non-hydrogen) atoms. The fraction of sp³-hybridized carbons (Fsp3) is 0.308. The Hall–Kier alpha value is -4.45. The lowest BCUT2D eigenvalue weighted by Crippen LogP contribution is -2.65. The molecule has 4 aromatic rings. The maximum absolute atomic E-state index is 13.5. The van der Waals surface area contributed by atoms with Crippen molar-refractivity contribution in [3.8, 4) is 17.3 Å². The molecule has 1 aromatic carbocycles. The quantitative estimate of drug-likeness (QED) is 0.331. The smallest absolute Gasteiger partial charge is 0.267 e. The van der Waals surface area contributed by atoms with E-state index in [0.29, 0.717) is 22.3 Å². The van der Waals surface area contributed by atoms with Crippen LogP contribution >= 0.6 is 0 Å². The number of carbonyl (C=O) groups is 2. The Morgan fingerprint density at radius 2 is 1.75 bits per heavy atom. The van der Waals surface area contributed by atoms with Crippen LogP contribution in [0.3, 0.4) is 0 Å². The van der Waals surface area contributed by atoms with Crippen molar-refractivity contribution in [3.63, 3.8) is 0 Å². The van der Waals surface area contributed by atoms with Crippen LogP contribution in [0.15, 0.2) is 49.1 Å². The Labute approximate surface area is 228 Å². The Morgan fingerprint density at radius 3 is 2.35 bits per heavy atom. The number of sulfonamides is 1. The van der Waals surface area contributed by atoms with E-state index in [-0.39, 0.29) is 43.2 Å². The van der Waals surface area contributed by atoms with Crippen molar-refractivity contribution in [2.75, 3.05) is 18.0 Å². The van der Waals surface area contributed by atoms with Crippen molar-refractivity contribution in [2.45, 2.75) is 37.8 Å². The number of hydrogen-bond acceptors (Lipinski definition) is 9. The second-order valence-corrected chi connectivity index (χ2v) is 12.6. The molecule has 2 amide bonds. The first-order chi connectivity index (χ1) is 19.1. The number of fused-ring (bicyclic) bond motifs is 2. The van der Waals surface area contributed by atoms with Gasteiger partial charge in [-0.3, -0.25) is 14.3 Å². The number of amides is 2. The molecule has 14 heteroatoms. The average Bonchev–Trinajstić information content (AvgIpc) is 3.60. The molecule has 0 atom stereocenters. The van der Waals surface area contributed by atoms with Crippen LogP contribution in [-0.4, -0.2) is 72.3 Å². The highest BCUT2D eigenvalue weighted by Crippen LogP contribution is 2.41. The summed E-state index contributed by atoms with van der Waals surface area (Å²) in [5.41, 5.74) is 0.547. The molecule has 5 heterocycles. The molecule has 13 nitrogen and oxygen atoms in total. The van der Waals surface area contributed by atoms with Crippen LogP contribution in [0.4, 0.5) is 5.82 Å². The predicted molar refractivity (Wildman–Crippen MR) is 142 cm³/mol. The molecule has 2 aliphatic rings. The molecule has 0 unspecified atom stereocenters. The van der Waals surface area contributed by atoms with Crippen molar-refractivity contribution >= 4 is 38.7 Å². The molecule has 1 fully saturated rings. The van der Waals surface area contributed by atoms with Crippen molar-refractivity contribution < 1.29 is 23.1 Å². The number of anilines is 1. The van der Waals surface area contributed by atoms with Gasteiger partial charge in [0.25, 0.3) is 11.8 Å². The van der Waals surface area contributed by atoms with Gasteiger partial charge in [-0.15, -0.1) is 0 Å². The molecule has 0 spiro atoms. The van der Waals surface area contributed by atoms with Gasteiger partial charge in [-0.05, 0) is 32.0 Å². The third-order valence-electron chi connectivity index (χ3n) is 7.46. The molecule has 1 N–H and O–H groups in total. The van der Waals surface area contributed by atoms with Gasteiger partial charge >= 0.3 is 0 Å². The highest BCUT2D eigenvalue weighted by Gasteiger charge is 2.52. The maximum atomic E-state index is 13.5. The van der Waals surface area contributed by atoms with Crippen molar-refractivity contribution in [3.05, 3.63) is 60.2 Å². The number of aromatic nitrogens is 5. The molecule has 0 aliphatic carbocycles. The van der Waals surface area contributed by atoms with Crippen molar-refractivity contribution in [2.24, 2.45) is 0 Å². The van der Waals surface area contributed by atoms with Gasteiger partial charge in [0, 0.05) is 30.9 Å². The van der Waals surface area contributed by atoms with E-state index in [1.54, 1.807) is 56.6 Å². The summed E-state index contributed by atoms with van der Waals surface area (Å²) in [7, 11) is -3.57. The first-order valence-electron chi connectivity index (χ1n) is 12.5. The number of imide groups is 1. The molecular weight excluding hydrogens is 536 g/mol. The number of benzene rings is 1. The molecule has 0 radical (unpaired) electrons. The minimum absolute atomic E-state index is 0.00380. The van der Waals surface area contributed by atoms with Crippen LogP contribution in [0.1, 0.15) is 41.0 Å². The standard InChI is InChI=1S/C26H24N8O5S/c1-16(2)40(38,39)32-12-26(13-32,8-9-27)33-11-20(21-19-7-10-31(15-35)22(19)29-14-28-21)23(30-33)34-24(36)17-5-3-4-6-18(17)25(34)37/h3-7,10-11,14,16,35H,8,12-13,15H2,1-2H3. The van der Waals surface area contributed by atoms with Gasteiger partial charge < -0.3 is 9.67 Å². The molecular formula is C26H24N8O5S. The lowest BCUT2D eigenvalue weighted by atomic mass is 9.89. The number of hydrogen-bond donors (Lipinski definition) is 1. The van der Waals surface area contributed by atoms with Gasteiger partial charge in [0.15, 0.2) is 5.82 Å². The molecule has 1 saturated heterocycles. The zero-order valence-corrected chi connectivity index (χ0v) is 22.4. The topological polar surface area (TPSA) is 167 Å². The Kier molecular flexibility index (Phi) is 5.84. The fourth-order valence-electron chi connectivity index (χ4n) is 5.23. The number of aliphatic hydroxyl groups excluding tert-OH is 1. The summed E-state index contributed by atoms with van der Waals surface area (Å²) in [6.45, 7) is 2.86. The molecule has 2 aliphatic heterocycles. The second-order valence-electron chi connectivity index (χ2n) is 10.1. The molecule has 204 valence electrons. The third kappa shape index (κ3) is 3.59. The lowest BCUT2D eigenvalue weighted by molar-refractivity contribution is 0.0711. The van der Waals surface area contributed by atoms with E-state index in [9.17, 15) is 28.4 Å². The van der Waals surface area contributed by atoms with E-state index in [2.05, 4.69) is 21.1 Å². The molecule has 6 rings (SSSR count). The van der Waals surface area contributed by atoms with Gasteiger partial charge in [-0.25, -0.2) is 23.3 Å². The summed E-state index contributed by atoms with van der Waals surface area (Å²) >= 11 is 0. The predicted octanol–water partition coefficient (Wildman–Crippen LogP) is 1.71. The van der Waals surface area contributed by atoms with Crippen LogP contribution in [-0.2, 0) is 22.3 Å². The van der Waals surface area contributed by atoms with Gasteiger partial charge in [0.05, 0.1) is 40.1 Å².